The van der Waals surface area contributed by atoms with Crippen LogP contribution in [0.3, 0.4) is 0 Å². The average Bonchev–Trinajstić information content (AvgIpc) is 2.71. The van der Waals surface area contributed by atoms with E-state index in [1.54, 1.807) is 0 Å². The molecule has 1 aromatic heterocycles. The molecule has 0 radical (unpaired) electrons. The number of aromatic nitrogens is 2. The van der Waals surface area contributed by atoms with Gasteiger partial charge in [0.25, 0.3) is 0 Å². The van der Waals surface area contributed by atoms with E-state index in [2.05, 4.69) is 81.7 Å². The number of hydrogen-bond donors (Lipinski definition) is 0. The summed E-state index contributed by atoms with van der Waals surface area (Å²) in [4.78, 5) is 2.18. The van der Waals surface area contributed by atoms with Crippen molar-refractivity contribution in [1.82, 2.24) is 14.7 Å². The summed E-state index contributed by atoms with van der Waals surface area (Å²) < 4.78 is 2.14. The normalized spacial score (nSPS) is 12.2. The van der Waals surface area contributed by atoms with E-state index in [0.29, 0.717) is 0 Å². The number of benzene rings is 1. The molecule has 2 rings (SSSR count). The van der Waals surface area contributed by atoms with E-state index in [9.17, 15) is 0 Å². The molecule has 20 heavy (non-hydrogen) atoms. The van der Waals surface area contributed by atoms with Crippen LogP contribution >= 0.6 is 0 Å². The first kappa shape index (κ1) is 14.8. The molecule has 0 N–H and O–H groups in total. The molecule has 1 heterocycles. The maximum atomic E-state index is 4.84. The minimum absolute atomic E-state index is 0.00653. The highest BCUT2D eigenvalue weighted by molar-refractivity contribution is 5.60. The van der Waals surface area contributed by atoms with Crippen LogP contribution < -0.4 is 0 Å². The van der Waals surface area contributed by atoms with Crippen molar-refractivity contribution in [2.24, 2.45) is 0 Å². The van der Waals surface area contributed by atoms with E-state index >= 15 is 0 Å². The summed E-state index contributed by atoms with van der Waals surface area (Å²) >= 11 is 0. The molecule has 0 amide bonds. The molecule has 0 aliphatic rings. The number of aryl methyl sites for hydroxylation is 1. The van der Waals surface area contributed by atoms with E-state index in [4.69, 9.17) is 5.10 Å². The van der Waals surface area contributed by atoms with Gasteiger partial charge in [0.2, 0.25) is 0 Å². The Morgan fingerprint density at radius 1 is 1.15 bits per heavy atom. The fourth-order valence-electron chi connectivity index (χ4n) is 2.38. The molecule has 0 fully saturated rings. The summed E-state index contributed by atoms with van der Waals surface area (Å²) in [5.74, 6) is 0. The lowest BCUT2D eigenvalue weighted by Crippen LogP contribution is -2.27. The molecule has 0 saturated heterocycles. The third-order valence-corrected chi connectivity index (χ3v) is 3.21. The van der Waals surface area contributed by atoms with Gasteiger partial charge in [-0.2, -0.15) is 5.10 Å². The molecule has 3 nitrogen and oxygen atoms in total. The van der Waals surface area contributed by atoms with E-state index in [-0.39, 0.29) is 5.54 Å². The second-order valence-corrected chi connectivity index (χ2v) is 6.71. The second-order valence-electron chi connectivity index (χ2n) is 6.71. The number of nitrogens with zero attached hydrogens (tertiary/aromatic N) is 3. The van der Waals surface area contributed by atoms with Crippen molar-refractivity contribution in [3.8, 4) is 11.3 Å². The van der Waals surface area contributed by atoms with Crippen molar-refractivity contribution in [2.45, 2.75) is 39.8 Å². The van der Waals surface area contributed by atoms with Gasteiger partial charge in [0.15, 0.2) is 0 Å². The lowest BCUT2D eigenvalue weighted by molar-refractivity contribution is 0.313. The summed E-state index contributed by atoms with van der Waals surface area (Å²) in [6.45, 7) is 9.60. The van der Waals surface area contributed by atoms with Crippen LogP contribution in [0.4, 0.5) is 0 Å². The smallest absolute Gasteiger partial charge is 0.0926 e. The van der Waals surface area contributed by atoms with Gasteiger partial charge in [0, 0.05) is 12.1 Å². The molecule has 0 aliphatic heterocycles. The first-order chi connectivity index (χ1) is 9.27. The van der Waals surface area contributed by atoms with Gasteiger partial charge in [-0.05, 0) is 53.9 Å². The maximum Gasteiger partial charge on any atom is 0.0926 e. The third-order valence-electron chi connectivity index (χ3n) is 3.21. The Balaban J connectivity index is 2.48. The van der Waals surface area contributed by atoms with Gasteiger partial charge < -0.3 is 4.90 Å². The minimum atomic E-state index is -0.00653. The zero-order valence-electron chi connectivity index (χ0n) is 13.4. The molecule has 0 unspecified atom stereocenters. The zero-order valence-corrected chi connectivity index (χ0v) is 13.4. The minimum Gasteiger partial charge on any atom is -0.304 e. The molecule has 3 heteroatoms. The van der Waals surface area contributed by atoms with Gasteiger partial charge >= 0.3 is 0 Å². The quantitative estimate of drug-likeness (QED) is 0.849. The summed E-state index contributed by atoms with van der Waals surface area (Å²) in [5, 5.41) is 4.84. The standard InChI is InChI=1S/C17H25N3/c1-13-8-7-9-14(10-13)16-11-15(12-19(5)6)20(18-16)17(2,3)4/h7-11H,12H2,1-6H3. The molecule has 0 bridgehead atoms. The van der Waals surface area contributed by atoms with E-state index in [1.165, 1.54) is 16.8 Å². The van der Waals surface area contributed by atoms with Crippen molar-refractivity contribution in [3.63, 3.8) is 0 Å². The lowest BCUT2D eigenvalue weighted by atomic mass is 10.1. The Morgan fingerprint density at radius 3 is 2.40 bits per heavy atom. The predicted molar refractivity (Wildman–Crippen MR) is 84.8 cm³/mol. The molecule has 0 aliphatic carbocycles. The zero-order chi connectivity index (χ0) is 14.9. The van der Waals surface area contributed by atoms with Gasteiger partial charge in [0.1, 0.15) is 0 Å². The molecule has 0 saturated carbocycles. The van der Waals surface area contributed by atoms with Crippen molar-refractivity contribution in [3.05, 3.63) is 41.6 Å². The molecule has 108 valence electrons. The fourth-order valence-corrected chi connectivity index (χ4v) is 2.38. The van der Waals surface area contributed by atoms with Crippen LogP contribution in [0.1, 0.15) is 32.0 Å². The van der Waals surface area contributed by atoms with Crippen LogP contribution in [0.2, 0.25) is 0 Å². The van der Waals surface area contributed by atoms with E-state index in [1.807, 2.05) is 0 Å². The highest BCUT2D eigenvalue weighted by atomic mass is 15.3. The van der Waals surface area contributed by atoms with Crippen LogP contribution in [0.25, 0.3) is 11.3 Å². The predicted octanol–water partition coefficient (Wildman–Crippen LogP) is 3.68. The molecular weight excluding hydrogens is 246 g/mol. The Kier molecular flexibility index (Phi) is 4.00. The second kappa shape index (κ2) is 5.41. The Labute approximate surface area is 122 Å². The SMILES string of the molecule is Cc1cccc(-c2cc(CN(C)C)n(C(C)(C)C)n2)c1. The average molecular weight is 271 g/mol. The molecule has 2 aromatic rings. The molecule has 1 aromatic carbocycles. The van der Waals surface area contributed by atoms with Crippen LogP contribution in [0.5, 0.6) is 0 Å². The van der Waals surface area contributed by atoms with Crippen LogP contribution in [0, 0.1) is 6.92 Å². The Hall–Kier alpha value is -1.61. The fraction of sp³-hybridized carbons (Fsp3) is 0.471. The Bertz CT molecular complexity index is 589. The third kappa shape index (κ3) is 3.28. The first-order valence-electron chi connectivity index (χ1n) is 7.08. The van der Waals surface area contributed by atoms with Gasteiger partial charge in [-0.3, -0.25) is 4.68 Å². The van der Waals surface area contributed by atoms with E-state index < -0.39 is 0 Å². The summed E-state index contributed by atoms with van der Waals surface area (Å²) in [6, 6.07) is 10.7. The highest BCUT2D eigenvalue weighted by Crippen LogP contribution is 2.25. The summed E-state index contributed by atoms with van der Waals surface area (Å²) in [5.41, 5.74) is 4.75. The highest BCUT2D eigenvalue weighted by Gasteiger charge is 2.20. The van der Waals surface area contributed by atoms with Crippen molar-refractivity contribution in [1.29, 1.82) is 0 Å². The van der Waals surface area contributed by atoms with Crippen LogP contribution in [-0.2, 0) is 12.1 Å². The number of hydrogen-bond acceptors (Lipinski definition) is 2. The van der Waals surface area contributed by atoms with Crippen LogP contribution in [0.15, 0.2) is 30.3 Å². The summed E-state index contributed by atoms with van der Waals surface area (Å²) in [6.07, 6.45) is 0. The largest absolute Gasteiger partial charge is 0.304 e. The summed E-state index contributed by atoms with van der Waals surface area (Å²) in [7, 11) is 4.18. The van der Waals surface area contributed by atoms with E-state index in [0.717, 1.165) is 12.2 Å². The molecule has 0 atom stereocenters. The Morgan fingerprint density at radius 2 is 1.85 bits per heavy atom. The lowest BCUT2D eigenvalue weighted by Gasteiger charge is -2.23. The van der Waals surface area contributed by atoms with Gasteiger partial charge in [-0.25, -0.2) is 0 Å². The van der Waals surface area contributed by atoms with Crippen LogP contribution in [-0.4, -0.2) is 28.8 Å². The van der Waals surface area contributed by atoms with Gasteiger partial charge in [0.05, 0.1) is 16.9 Å². The van der Waals surface area contributed by atoms with Crippen molar-refractivity contribution < 1.29 is 0 Å². The molecule has 0 spiro atoms. The monoisotopic (exact) mass is 271 g/mol. The van der Waals surface area contributed by atoms with Crippen molar-refractivity contribution in [2.75, 3.05) is 14.1 Å². The topological polar surface area (TPSA) is 21.1 Å². The van der Waals surface area contributed by atoms with Gasteiger partial charge in [-0.1, -0.05) is 23.8 Å². The molecular formula is C17H25N3. The van der Waals surface area contributed by atoms with Crippen molar-refractivity contribution >= 4 is 0 Å². The van der Waals surface area contributed by atoms with Gasteiger partial charge in [-0.15, -0.1) is 0 Å². The number of rotatable bonds is 3. The first-order valence-corrected chi connectivity index (χ1v) is 7.08. The maximum absolute atomic E-state index is 4.84.